The van der Waals surface area contributed by atoms with E-state index >= 15 is 0 Å². The molecule has 0 saturated carbocycles. The molecule has 11 heteroatoms. The summed E-state index contributed by atoms with van der Waals surface area (Å²) in [6.07, 6.45) is 6.63. The van der Waals surface area contributed by atoms with Crippen LogP contribution in [0.15, 0.2) is 48.7 Å². The van der Waals surface area contributed by atoms with Crippen LogP contribution in [0.4, 0.5) is 0 Å². The van der Waals surface area contributed by atoms with Crippen molar-refractivity contribution in [1.82, 2.24) is 20.9 Å². The molecule has 228 valence electrons. The van der Waals surface area contributed by atoms with Gasteiger partial charge in [-0.15, -0.1) is 0 Å². The predicted octanol–water partition coefficient (Wildman–Crippen LogP) is 3.90. The van der Waals surface area contributed by atoms with Crippen LogP contribution in [-0.2, 0) is 32.0 Å². The zero-order chi connectivity index (χ0) is 30.3. The van der Waals surface area contributed by atoms with E-state index in [1.165, 1.54) is 12.2 Å². The molecule has 1 fully saturated rings. The van der Waals surface area contributed by atoms with Gasteiger partial charge in [0.25, 0.3) is 5.91 Å². The van der Waals surface area contributed by atoms with E-state index in [0.717, 1.165) is 30.5 Å². The molecule has 1 aliphatic heterocycles. The topological polar surface area (TPSA) is 126 Å². The molecule has 1 aromatic heterocycles. The molecule has 1 unspecified atom stereocenters. The fraction of sp³-hybridized carbons (Fsp3) is 0.516. The largest absolute Gasteiger partial charge is 0.497 e. The normalized spacial score (nSPS) is 16.0. The van der Waals surface area contributed by atoms with Crippen LogP contribution in [0.1, 0.15) is 57.2 Å². The molecule has 0 aliphatic carbocycles. The summed E-state index contributed by atoms with van der Waals surface area (Å²) in [6, 6.07) is 10.6. The molecule has 2 heterocycles. The fourth-order valence-electron chi connectivity index (χ4n) is 4.57. The fourth-order valence-corrected chi connectivity index (χ4v) is 7.59. The lowest BCUT2D eigenvalue weighted by molar-refractivity contribution is -0.140. The van der Waals surface area contributed by atoms with Gasteiger partial charge in [0.05, 0.1) is 7.11 Å². The molecule has 42 heavy (non-hydrogen) atoms. The van der Waals surface area contributed by atoms with Crippen molar-refractivity contribution in [3.8, 4) is 5.75 Å². The summed E-state index contributed by atoms with van der Waals surface area (Å²) >= 11 is 0. The van der Waals surface area contributed by atoms with Gasteiger partial charge in [0.15, 0.2) is 0 Å². The third-order valence-electron chi connectivity index (χ3n) is 7.02. The summed E-state index contributed by atoms with van der Waals surface area (Å²) in [5.74, 6) is -0.596. The summed E-state index contributed by atoms with van der Waals surface area (Å²) in [4.78, 5) is 56.5. The Morgan fingerprint density at radius 3 is 2.48 bits per heavy atom. The average Bonchev–Trinajstić information content (AvgIpc) is 3.51. The molecule has 3 atom stereocenters. The number of carbonyl (C=O) groups excluding carboxylic acids is 4. The first-order valence-electron chi connectivity index (χ1n) is 14.5. The quantitative estimate of drug-likeness (QED) is 0.139. The second kappa shape index (κ2) is 17.8. The Bertz CT molecular complexity index is 1160. The molecule has 0 bridgehead atoms. The van der Waals surface area contributed by atoms with Crippen molar-refractivity contribution < 1.29 is 23.9 Å². The SMILES string of the molecule is COc1ccc(C[C@H](NC(=O)[C@@H](NC(=O)CCCCC2CCSS2)C(C)C)C(=O)C(=O)NCCc2ccccn2)cc1. The van der Waals surface area contributed by atoms with Crippen molar-refractivity contribution in [2.24, 2.45) is 5.92 Å². The first-order chi connectivity index (χ1) is 20.3. The molecule has 9 nitrogen and oxygen atoms in total. The van der Waals surface area contributed by atoms with E-state index in [2.05, 4.69) is 20.9 Å². The number of pyridine rings is 1. The number of aromatic nitrogens is 1. The molecule has 1 aliphatic rings. The second-order valence-electron chi connectivity index (χ2n) is 10.7. The van der Waals surface area contributed by atoms with Gasteiger partial charge in [0, 0.05) is 48.7 Å². The highest BCUT2D eigenvalue weighted by atomic mass is 33.1. The smallest absolute Gasteiger partial charge is 0.289 e. The van der Waals surface area contributed by atoms with Crippen LogP contribution in [0.3, 0.4) is 0 Å². The molecular weight excluding hydrogens is 572 g/mol. The van der Waals surface area contributed by atoms with Crippen LogP contribution in [0.5, 0.6) is 5.75 Å². The molecule has 1 saturated heterocycles. The molecular formula is C31H42N4O5S2. The number of amides is 3. The highest BCUT2D eigenvalue weighted by Gasteiger charge is 2.31. The molecule has 3 N–H and O–H groups in total. The van der Waals surface area contributed by atoms with Crippen LogP contribution in [-0.4, -0.2) is 65.2 Å². The van der Waals surface area contributed by atoms with Crippen LogP contribution in [0, 0.1) is 5.92 Å². The lowest BCUT2D eigenvalue weighted by atomic mass is 9.98. The van der Waals surface area contributed by atoms with Crippen molar-refractivity contribution in [1.29, 1.82) is 0 Å². The predicted molar refractivity (Wildman–Crippen MR) is 168 cm³/mol. The number of ketones is 1. The molecule has 0 radical (unpaired) electrons. The van der Waals surface area contributed by atoms with E-state index in [-0.39, 0.29) is 24.8 Å². The lowest BCUT2D eigenvalue weighted by Gasteiger charge is -2.25. The summed E-state index contributed by atoms with van der Waals surface area (Å²) in [7, 11) is 5.40. The molecule has 1 aromatic carbocycles. The van der Waals surface area contributed by atoms with Gasteiger partial charge in [-0.05, 0) is 55.0 Å². The van der Waals surface area contributed by atoms with Gasteiger partial charge in [-0.2, -0.15) is 0 Å². The van der Waals surface area contributed by atoms with Crippen molar-refractivity contribution in [2.75, 3.05) is 19.4 Å². The summed E-state index contributed by atoms with van der Waals surface area (Å²) < 4.78 is 5.21. The van der Waals surface area contributed by atoms with Crippen LogP contribution < -0.4 is 20.7 Å². The van der Waals surface area contributed by atoms with E-state index < -0.39 is 29.7 Å². The zero-order valence-corrected chi connectivity index (χ0v) is 26.2. The Morgan fingerprint density at radius 2 is 1.83 bits per heavy atom. The summed E-state index contributed by atoms with van der Waals surface area (Å²) in [5.41, 5.74) is 1.54. The number of benzene rings is 1. The highest BCUT2D eigenvalue weighted by molar-refractivity contribution is 8.77. The lowest BCUT2D eigenvalue weighted by Crippen LogP contribution is -2.56. The average molecular weight is 615 g/mol. The number of ether oxygens (including phenoxy) is 1. The van der Waals surface area contributed by atoms with Gasteiger partial charge in [-0.25, -0.2) is 0 Å². The van der Waals surface area contributed by atoms with Gasteiger partial charge < -0.3 is 20.7 Å². The maximum absolute atomic E-state index is 13.4. The molecule has 3 rings (SSSR count). The molecule has 2 aromatic rings. The standard InChI is InChI=1S/C31H42N4O5S2/c1-21(2)28(35-27(36)10-5-4-9-25-16-19-41-42-25)30(38)34-26(20-22-11-13-24(40-3)14-12-22)29(37)31(39)33-18-15-23-8-6-7-17-32-23/h6-8,11-14,17,21,25-26,28H,4-5,9-10,15-16,18-20H2,1-3H3,(H,33,39)(H,34,38)(H,35,36)/t25?,26-,28-/m0/s1. The Balaban J connectivity index is 1.60. The third-order valence-corrected chi connectivity index (χ3v) is 10.0. The van der Waals surface area contributed by atoms with Gasteiger partial charge in [-0.1, -0.05) is 60.1 Å². The van der Waals surface area contributed by atoms with E-state index in [4.69, 9.17) is 4.74 Å². The Morgan fingerprint density at radius 1 is 1.05 bits per heavy atom. The minimum atomic E-state index is -1.11. The number of methoxy groups -OCH3 is 1. The van der Waals surface area contributed by atoms with Crippen molar-refractivity contribution >= 4 is 45.1 Å². The number of carbonyl (C=O) groups is 4. The number of unbranched alkanes of at least 4 members (excludes halogenated alkanes) is 1. The van der Waals surface area contributed by atoms with E-state index in [0.29, 0.717) is 23.8 Å². The zero-order valence-electron chi connectivity index (χ0n) is 24.6. The van der Waals surface area contributed by atoms with Gasteiger partial charge in [-0.3, -0.25) is 24.2 Å². The summed E-state index contributed by atoms with van der Waals surface area (Å²) in [6.45, 7) is 3.90. The maximum atomic E-state index is 13.4. The number of Topliss-reactive ketones (excluding diaryl/α,β-unsaturated/α-hetero) is 1. The minimum absolute atomic E-state index is 0.110. The van der Waals surface area contributed by atoms with Crippen molar-refractivity contribution in [3.05, 3.63) is 59.9 Å². The maximum Gasteiger partial charge on any atom is 0.289 e. The third kappa shape index (κ3) is 11.3. The van der Waals surface area contributed by atoms with Gasteiger partial charge >= 0.3 is 0 Å². The second-order valence-corrected chi connectivity index (χ2v) is 13.5. The number of nitrogens with one attached hydrogen (secondary N) is 3. The first kappa shape index (κ1) is 33.5. The van der Waals surface area contributed by atoms with Crippen molar-refractivity contribution in [2.45, 2.75) is 76.1 Å². The van der Waals surface area contributed by atoms with E-state index in [1.54, 1.807) is 43.6 Å². The van der Waals surface area contributed by atoms with Crippen LogP contribution in [0.2, 0.25) is 0 Å². The monoisotopic (exact) mass is 614 g/mol. The Kier molecular flexibility index (Phi) is 14.2. The number of nitrogens with zero attached hydrogens (tertiary/aromatic N) is 1. The highest BCUT2D eigenvalue weighted by Crippen LogP contribution is 2.39. The Hall–Kier alpha value is -3.05. The van der Waals surface area contributed by atoms with E-state index in [1.807, 2.05) is 47.6 Å². The minimum Gasteiger partial charge on any atom is -0.497 e. The van der Waals surface area contributed by atoms with Gasteiger partial charge in [0.2, 0.25) is 17.6 Å². The number of hydrogen-bond acceptors (Lipinski definition) is 8. The van der Waals surface area contributed by atoms with Gasteiger partial charge in [0.1, 0.15) is 17.8 Å². The molecule has 3 amide bonds. The molecule has 0 spiro atoms. The van der Waals surface area contributed by atoms with Crippen molar-refractivity contribution in [3.63, 3.8) is 0 Å². The number of hydrogen-bond donors (Lipinski definition) is 3. The summed E-state index contributed by atoms with van der Waals surface area (Å²) in [5, 5.41) is 8.93. The van der Waals surface area contributed by atoms with Crippen LogP contribution in [0.25, 0.3) is 0 Å². The van der Waals surface area contributed by atoms with Crippen LogP contribution >= 0.6 is 21.6 Å². The Labute approximate surface area is 256 Å². The first-order valence-corrected chi connectivity index (χ1v) is 16.9. The van der Waals surface area contributed by atoms with E-state index in [9.17, 15) is 19.2 Å². The number of rotatable bonds is 17.